The number of hydrogen-bond donors (Lipinski definition) is 6. The quantitative estimate of drug-likeness (QED) is 0.278. The van der Waals surface area contributed by atoms with Gasteiger partial charge in [-0.05, 0) is 0 Å². The average molecular weight is 224 g/mol. The van der Waals surface area contributed by atoms with E-state index in [9.17, 15) is 14.7 Å². The third-order valence-electron chi connectivity index (χ3n) is 1.81. The maximum absolute atomic E-state index is 10.6. The molecule has 8 heteroatoms. The highest BCUT2D eigenvalue weighted by molar-refractivity contribution is 5.87. The number of rotatable bonds is 6. The van der Waals surface area contributed by atoms with E-state index >= 15 is 0 Å². The first kappa shape index (κ1) is 13.8. The molecule has 0 bridgehead atoms. The second-order valence-corrected chi connectivity index (χ2v) is 3.01. The van der Waals surface area contributed by atoms with Crippen LogP contribution < -0.4 is 0 Å². The third-order valence-corrected chi connectivity index (χ3v) is 1.81. The van der Waals surface area contributed by atoms with E-state index in [1.165, 1.54) is 0 Å². The predicted molar refractivity (Wildman–Crippen MR) is 43.9 cm³/mol. The van der Waals surface area contributed by atoms with Gasteiger partial charge in [0.05, 0.1) is 12.7 Å². The highest BCUT2D eigenvalue weighted by atomic mass is 16.4. The topological polar surface area (TPSA) is 156 Å². The molecular weight excluding hydrogens is 212 g/mol. The Morgan fingerprint density at radius 3 is 1.93 bits per heavy atom. The molecule has 0 aromatic heterocycles. The van der Waals surface area contributed by atoms with E-state index in [2.05, 4.69) is 0 Å². The van der Waals surface area contributed by atoms with Crippen LogP contribution in [-0.2, 0) is 9.59 Å². The Labute approximate surface area is 84.0 Å². The van der Waals surface area contributed by atoms with E-state index in [1.54, 1.807) is 0 Å². The summed E-state index contributed by atoms with van der Waals surface area (Å²) in [5.74, 6) is -3.94. The SMILES string of the molecule is O=C(O)C(O)C(O)(CC(O)CO)C(=O)O. The molecule has 0 radical (unpaired) electrons. The molecule has 15 heavy (non-hydrogen) atoms. The molecule has 0 spiro atoms. The van der Waals surface area contributed by atoms with Crippen LogP contribution in [0.25, 0.3) is 0 Å². The fourth-order valence-corrected chi connectivity index (χ4v) is 0.944. The standard InChI is InChI=1S/C7H12O8/c8-2-3(9)1-7(15,6(13)14)4(10)5(11)12/h3-4,8-10,15H,1-2H2,(H,11,12)(H,13,14). The van der Waals surface area contributed by atoms with E-state index in [1.807, 2.05) is 0 Å². The molecule has 0 aliphatic rings. The summed E-state index contributed by atoms with van der Waals surface area (Å²) in [7, 11) is 0. The van der Waals surface area contributed by atoms with Crippen molar-refractivity contribution in [3.63, 3.8) is 0 Å². The van der Waals surface area contributed by atoms with Crippen LogP contribution in [-0.4, -0.2) is 67.0 Å². The Balaban J connectivity index is 4.89. The lowest BCUT2D eigenvalue weighted by atomic mass is 9.90. The molecular formula is C7H12O8. The second-order valence-electron chi connectivity index (χ2n) is 3.01. The number of aliphatic carboxylic acids is 2. The number of carboxylic acid groups (broad SMARTS) is 2. The molecule has 3 unspecified atom stereocenters. The summed E-state index contributed by atoms with van der Waals surface area (Å²) in [5.41, 5.74) is -3.03. The molecule has 0 amide bonds. The molecule has 3 atom stereocenters. The summed E-state index contributed by atoms with van der Waals surface area (Å²) in [5, 5.41) is 52.4. The van der Waals surface area contributed by atoms with Gasteiger partial charge in [0.2, 0.25) is 5.60 Å². The Morgan fingerprint density at radius 2 is 1.67 bits per heavy atom. The predicted octanol–water partition coefficient (Wildman–Crippen LogP) is -3.01. The Morgan fingerprint density at radius 1 is 1.20 bits per heavy atom. The largest absolute Gasteiger partial charge is 0.479 e. The van der Waals surface area contributed by atoms with Crippen molar-refractivity contribution in [2.75, 3.05) is 6.61 Å². The number of carboxylic acids is 2. The molecule has 8 nitrogen and oxygen atoms in total. The van der Waals surface area contributed by atoms with Crippen molar-refractivity contribution in [2.24, 2.45) is 0 Å². The minimum Gasteiger partial charge on any atom is -0.479 e. The van der Waals surface area contributed by atoms with Crippen LogP contribution in [0.1, 0.15) is 6.42 Å². The number of aliphatic hydroxyl groups is 4. The van der Waals surface area contributed by atoms with E-state index in [4.69, 9.17) is 25.5 Å². The van der Waals surface area contributed by atoms with E-state index in [0.717, 1.165) is 0 Å². The lowest BCUT2D eigenvalue weighted by Gasteiger charge is -2.27. The molecule has 0 fully saturated rings. The van der Waals surface area contributed by atoms with Crippen molar-refractivity contribution in [2.45, 2.75) is 24.2 Å². The van der Waals surface area contributed by atoms with Gasteiger partial charge in [0, 0.05) is 6.42 Å². The average Bonchev–Trinajstić information content (AvgIpc) is 2.15. The lowest BCUT2D eigenvalue weighted by molar-refractivity contribution is -0.188. The Hall–Kier alpha value is -1.22. The monoisotopic (exact) mass is 224 g/mol. The zero-order valence-electron chi connectivity index (χ0n) is 7.57. The number of aliphatic hydroxyl groups excluding tert-OH is 3. The molecule has 0 aromatic rings. The summed E-state index contributed by atoms with van der Waals surface area (Å²) >= 11 is 0. The van der Waals surface area contributed by atoms with Crippen molar-refractivity contribution in [1.29, 1.82) is 0 Å². The maximum atomic E-state index is 10.6. The minimum atomic E-state index is -3.03. The summed E-state index contributed by atoms with van der Waals surface area (Å²) in [6.45, 7) is -0.859. The first-order valence-electron chi connectivity index (χ1n) is 3.91. The van der Waals surface area contributed by atoms with Crippen LogP contribution in [0.5, 0.6) is 0 Å². The van der Waals surface area contributed by atoms with Gasteiger partial charge in [0.15, 0.2) is 6.10 Å². The van der Waals surface area contributed by atoms with Crippen molar-refractivity contribution in [3.8, 4) is 0 Å². The summed E-state index contributed by atoms with van der Waals surface area (Å²) in [6.07, 6.45) is -5.22. The Bertz CT molecular complexity index is 251. The van der Waals surface area contributed by atoms with E-state index in [-0.39, 0.29) is 0 Å². The zero-order chi connectivity index (χ0) is 12.2. The molecule has 0 rings (SSSR count). The fourth-order valence-electron chi connectivity index (χ4n) is 0.944. The van der Waals surface area contributed by atoms with Gasteiger partial charge in [0.25, 0.3) is 0 Å². The first-order valence-corrected chi connectivity index (χ1v) is 3.91. The second kappa shape index (κ2) is 5.03. The zero-order valence-corrected chi connectivity index (χ0v) is 7.57. The van der Waals surface area contributed by atoms with Crippen LogP contribution in [0.15, 0.2) is 0 Å². The Kier molecular flexibility index (Phi) is 4.62. The fraction of sp³-hybridized carbons (Fsp3) is 0.714. The van der Waals surface area contributed by atoms with Gasteiger partial charge in [-0.25, -0.2) is 9.59 Å². The van der Waals surface area contributed by atoms with Crippen LogP contribution in [0, 0.1) is 0 Å². The minimum absolute atomic E-state index is 0.859. The van der Waals surface area contributed by atoms with Crippen LogP contribution >= 0.6 is 0 Å². The van der Waals surface area contributed by atoms with Crippen LogP contribution in [0.3, 0.4) is 0 Å². The molecule has 6 N–H and O–H groups in total. The highest BCUT2D eigenvalue weighted by Crippen LogP contribution is 2.19. The summed E-state index contributed by atoms with van der Waals surface area (Å²) in [6, 6.07) is 0. The van der Waals surface area contributed by atoms with E-state index < -0.39 is 42.8 Å². The van der Waals surface area contributed by atoms with Gasteiger partial charge in [-0.1, -0.05) is 0 Å². The van der Waals surface area contributed by atoms with Crippen LogP contribution in [0.2, 0.25) is 0 Å². The van der Waals surface area contributed by atoms with Crippen molar-refractivity contribution in [1.82, 2.24) is 0 Å². The molecule has 88 valence electrons. The molecule has 0 heterocycles. The van der Waals surface area contributed by atoms with Crippen molar-refractivity contribution >= 4 is 11.9 Å². The molecule has 0 aliphatic heterocycles. The maximum Gasteiger partial charge on any atom is 0.339 e. The number of carbonyl (C=O) groups is 2. The molecule has 0 aliphatic carbocycles. The highest BCUT2D eigenvalue weighted by Gasteiger charge is 2.48. The van der Waals surface area contributed by atoms with Gasteiger partial charge >= 0.3 is 11.9 Å². The van der Waals surface area contributed by atoms with Gasteiger partial charge in [-0.3, -0.25) is 0 Å². The van der Waals surface area contributed by atoms with E-state index in [0.29, 0.717) is 0 Å². The van der Waals surface area contributed by atoms with Gasteiger partial charge in [-0.15, -0.1) is 0 Å². The normalized spacial score (nSPS) is 18.9. The molecule has 0 saturated carbocycles. The van der Waals surface area contributed by atoms with Gasteiger partial charge < -0.3 is 30.6 Å². The third kappa shape index (κ3) is 3.13. The van der Waals surface area contributed by atoms with Crippen molar-refractivity contribution < 1.29 is 40.2 Å². The lowest BCUT2D eigenvalue weighted by Crippen LogP contribution is -2.55. The van der Waals surface area contributed by atoms with Crippen LogP contribution in [0.4, 0.5) is 0 Å². The first-order chi connectivity index (χ1) is 6.75. The summed E-state index contributed by atoms with van der Waals surface area (Å²) in [4.78, 5) is 20.9. The van der Waals surface area contributed by atoms with Gasteiger partial charge in [-0.2, -0.15) is 0 Å². The molecule has 0 saturated heterocycles. The smallest absolute Gasteiger partial charge is 0.339 e. The number of hydrogen-bond acceptors (Lipinski definition) is 6. The summed E-state index contributed by atoms with van der Waals surface area (Å²) < 4.78 is 0. The van der Waals surface area contributed by atoms with Gasteiger partial charge in [0.1, 0.15) is 0 Å². The molecule has 0 aromatic carbocycles. The van der Waals surface area contributed by atoms with Crippen molar-refractivity contribution in [3.05, 3.63) is 0 Å².